The molecular weight excluding hydrogens is 300 g/mol. The second kappa shape index (κ2) is 6.75. The lowest BCUT2D eigenvalue weighted by Gasteiger charge is -2.12. The Bertz CT molecular complexity index is 731. The number of nitrogens with one attached hydrogen (secondary N) is 1. The Morgan fingerprint density at radius 2 is 1.96 bits per heavy atom. The zero-order valence-electron chi connectivity index (χ0n) is 14.0. The van der Waals surface area contributed by atoms with Gasteiger partial charge in [0.05, 0.1) is 0 Å². The molecule has 1 aliphatic carbocycles. The zero-order valence-corrected chi connectivity index (χ0v) is 14.0. The highest BCUT2D eigenvalue weighted by molar-refractivity contribution is 5.93. The molecule has 0 spiro atoms. The molecule has 1 aliphatic heterocycles. The number of hydrogen-bond donors (Lipinski definition) is 1. The molecular formula is C19H24N4O. The summed E-state index contributed by atoms with van der Waals surface area (Å²) in [5, 5.41) is 11.9. The summed E-state index contributed by atoms with van der Waals surface area (Å²) in [5.74, 6) is 2.34. The summed E-state index contributed by atoms with van der Waals surface area (Å²) in [6.45, 7) is 0.982. The van der Waals surface area contributed by atoms with Crippen molar-refractivity contribution in [3.63, 3.8) is 0 Å². The fourth-order valence-electron chi connectivity index (χ4n) is 3.87. The molecule has 126 valence electrons. The lowest BCUT2D eigenvalue weighted by Crippen LogP contribution is -2.20. The predicted octanol–water partition coefficient (Wildman–Crippen LogP) is 3.80. The molecule has 1 N–H and O–H groups in total. The largest absolute Gasteiger partial charge is 0.326 e. The molecule has 2 heterocycles. The van der Waals surface area contributed by atoms with Gasteiger partial charge in [0.1, 0.15) is 5.82 Å². The average molecular weight is 324 g/mol. The van der Waals surface area contributed by atoms with Crippen LogP contribution in [-0.2, 0) is 17.8 Å². The highest BCUT2D eigenvalue weighted by Crippen LogP contribution is 2.28. The van der Waals surface area contributed by atoms with Crippen LogP contribution in [0.1, 0.15) is 50.8 Å². The number of carbonyl (C=O) groups excluding carboxylic acids is 1. The monoisotopic (exact) mass is 324 g/mol. The van der Waals surface area contributed by atoms with Crippen molar-refractivity contribution in [2.24, 2.45) is 5.92 Å². The Hall–Kier alpha value is -2.17. The van der Waals surface area contributed by atoms with Crippen LogP contribution in [0.5, 0.6) is 0 Å². The number of hydrogen-bond acceptors (Lipinski definition) is 3. The minimum atomic E-state index is 0.157. The molecule has 5 heteroatoms. The highest BCUT2D eigenvalue weighted by Gasteiger charge is 2.23. The van der Waals surface area contributed by atoms with Gasteiger partial charge < -0.3 is 9.88 Å². The Kier molecular flexibility index (Phi) is 4.32. The zero-order chi connectivity index (χ0) is 16.4. The van der Waals surface area contributed by atoms with Crippen LogP contribution in [0.4, 0.5) is 5.69 Å². The van der Waals surface area contributed by atoms with Crippen LogP contribution in [-0.4, -0.2) is 20.7 Å². The SMILES string of the molecule is O=C(Nc1cccc(-c2nnc3n2CCCCC3)c1)C1CCCC1. The molecule has 0 unspecified atom stereocenters. The van der Waals surface area contributed by atoms with Crippen LogP contribution in [0.25, 0.3) is 11.4 Å². The maximum absolute atomic E-state index is 12.3. The molecule has 1 amide bonds. The molecule has 1 aromatic heterocycles. The third kappa shape index (κ3) is 3.07. The van der Waals surface area contributed by atoms with Gasteiger partial charge in [-0.15, -0.1) is 10.2 Å². The standard InChI is InChI=1S/C19H24N4O/c24-19(14-7-3-4-8-14)20-16-10-6-9-15(13-16)18-22-21-17-11-2-1-5-12-23(17)18/h6,9-10,13-14H,1-5,7-8,11-12H2,(H,20,24). The first-order chi connectivity index (χ1) is 11.8. The van der Waals surface area contributed by atoms with E-state index in [4.69, 9.17) is 0 Å². The van der Waals surface area contributed by atoms with Crippen molar-refractivity contribution >= 4 is 11.6 Å². The summed E-state index contributed by atoms with van der Waals surface area (Å²) < 4.78 is 2.24. The van der Waals surface area contributed by atoms with Gasteiger partial charge in [0.15, 0.2) is 5.82 Å². The van der Waals surface area contributed by atoms with Crippen molar-refractivity contribution in [2.45, 2.75) is 57.9 Å². The normalized spacial score (nSPS) is 18.2. The average Bonchev–Trinajstić information content (AvgIpc) is 3.21. The second-order valence-electron chi connectivity index (χ2n) is 6.95. The summed E-state index contributed by atoms with van der Waals surface area (Å²) in [6, 6.07) is 8.01. The Balaban J connectivity index is 1.56. The van der Waals surface area contributed by atoms with E-state index in [9.17, 15) is 4.79 Å². The molecule has 1 aromatic carbocycles. The quantitative estimate of drug-likeness (QED) is 0.934. The molecule has 5 nitrogen and oxygen atoms in total. The topological polar surface area (TPSA) is 59.8 Å². The van der Waals surface area contributed by atoms with Crippen LogP contribution in [0.15, 0.2) is 24.3 Å². The minimum Gasteiger partial charge on any atom is -0.326 e. The summed E-state index contributed by atoms with van der Waals surface area (Å²) in [5.41, 5.74) is 1.88. The first-order valence-corrected chi connectivity index (χ1v) is 9.14. The highest BCUT2D eigenvalue weighted by atomic mass is 16.1. The molecule has 2 aliphatic rings. The molecule has 0 atom stereocenters. The second-order valence-corrected chi connectivity index (χ2v) is 6.95. The van der Waals surface area contributed by atoms with E-state index in [1.165, 1.54) is 32.1 Å². The van der Waals surface area contributed by atoms with Crippen LogP contribution in [0, 0.1) is 5.92 Å². The number of nitrogens with zero attached hydrogens (tertiary/aromatic N) is 3. The maximum atomic E-state index is 12.3. The van der Waals surface area contributed by atoms with Gasteiger partial charge in [-0.05, 0) is 37.8 Å². The van der Waals surface area contributed by atoms with Gasteiger partial charge in [0.2, 0.25) is 5.91 Å². The molecule has 1 fully saturated rings. The molecule has 2 aromatic rings. The number of fused-ring (bicyclic) bond motifs is 1. The number of anilines is 1. The van der Waals surface area contributed by atoms with Crippen molar-refractivity contribution in [1.82, 2.24) is 14.8 Å². The van der Waals surface area contributed by atoms with Gasteiger partial charge in [-0.2, -0.15) is 0 Å². The summed E-state index contributed by atoms with van der Waals surface area (Å²) in [6.07, 6.45) is 9.00. The van der Waals surface area contributed by atoms with Gasteiger partial charge in [-0.3, -0.25) is 4.79 Å². The Morgan fingerprint density at radius 3 is 2.83 bits per heavy atom. The Morgan fingerprint density at radius 1 is 1.08 bits per heavy atom. The van der Waals surface area contributed by atoms with Crippen LogP contribution >= 0.6 is 0 Å². The van der Waals surface area contributed by atoms with E-state index in [0.717, 1.165) is 48.7 Å². The lowest BCUT2D eigenvalue weighted by atomic mass is 10.1. The van der Waals surface area contributed by atoms with Crippen LogP contribution < -0.4 is 5.32 Å². The van der Waals surface area contributed by atoms with E-state index in [1.54, 1.807) is 0 Å². The first-order valence-electron chi connectivity index (χ1n) is 9.14. The van der Waals surface area contributed by atoms with E-state index < -0.39 is 0 Å². The third-order valence-corrected chi connectivity index (χ3v) is 5.22. The van der Waals surface area contributed by atoms with Crippen molar-refractivity contribution < 1.29 is 4.79 Å². The Labute approximate surface area is 142 Å². The first kappa shape index (κ1) is 15.4. The van der Waals surface area contributed by atoms with Gasteiger partial charge in [0, 0.05) is 30.1 Å². The number of aromatic nitrogens is 3. The summed E-state index contributed by atoms with van der Waals surface area (Å²) >= 11 is 0. The van der Waals surface area contributed by atoms with Gasteiger partial charge in [-0.25, -0.2) is 0 Å². The molecule has 0 bridgehead atoms. The lowest BCUT2D eigenvalue weighted by molar-refractivity contribution is -0.119. The molecule has 4 rings (SSSR count). The van der Waals surface area contributed by atoms with Crippen LogP contribution in [0.2, 0.25) is 0 Å². The van der Waals surface area contributed by atoms with Crippen molar-refractivity contribution in [3.8, 4) is 11.4 Å². The van der Waals surface area contributed by atoms with E-state index in [0.29, 0.717) is 0 Å². The fraction of sp³-hybridized carbons (Fsp3) is 0.526. The van der Waals surface area contributed by atoms with Crippen molar-refractivity contribution in [1.29, 1.82) is 0 Å². The maximum Gasteiger partial charge on any atom is 0.227 e. The third-order valence-electron chi connectivity index (χ3n) is 5.22. The number of aryl methyl sites for hydroxylation is 1. The summed E-state index contributed by atoms with van der Waals surface area (Å²) in [4.78, 5) is 12.3. The fourth-order valence-corrected chi connectivity index (χ4v) is 3.87. The van der Waals surface area contributed by atoms with E-state index in [1.807, 2.05) is 24.3 Å². The number of benzene rings is 1. The number of amides is 1. The molecule has 1 saturated carbocycles. The van der Waals surface area contributed by atoms with E-state index in [-0.39, 0.29) is 11.8 Å². The van der Waals surface area contributed by atoms with Gasteiger partial charge >= 0.3 is 0 Å². The molecule has 0 radical (unpaired) electrons. The predicted molar refractivity (Wildman–Crippen MR) is 93.6 cm³/mol. The van der Waals surface area contributed by atoms with Gasteiger partial charge in [0.25, 0.3) is 0 Å². The molecule has 0 saturated heterocycles. The smallest absolute Gasteiger partial charge is 0.227 e. The van der Waals surface area contributed by atoms with Gasteiger partial charge in [-0.1, -0.05) is 31.4 Å². The number of carbonyl (C=O) groups is 1. The van der Waals surface area contributed by atoms with Crippen LogP contribution in [0.3, 0.4) is 0 Å². The van der Waals surface area contributed by atoms with E-state index >= 15 is 0 Å². The van der Waals surface area contributed by atoms with Crippen molar-refractivity contribution in [2.75, 3.05) is 5.32 Å². The summed E-state index contributed by atoms with van der Waals surface area (Å²) in [7, 11) is 0. The minimum absolute atomic E-state index is 0.157. The van der Waals surface area contributed by atoms with E-state index in [2.05, 4.69) is 20.1 Å². The van der Waals surface area contributed by atoms with Crippen molar-refractivity contribution in [3.05, 3.63) is 30.1 Å². The molecule has 24 heavy (non-hydrogen) atoms. The number of rotatable bonds is 3.